The Hall–Kier alpha value is -2.97. The average Bonchev–Trinajstić information content (AvgIpc) is 2.66. The molecule has 0 spiro atoms. The van der Waals surface area contributed by atoms with Gasteiger partial charge in [-0.1, -0.05) is 24.3 Å². The number of fused-ring (bicyclic) bond motifs is 1. The highest BCUT2D eigenvalue weighted by atomic mass is 32.2. The number of nitrogens with zero attached hydrogens (tertiary/aromatic N) is 1. The lowest BCUT2D eigenvalue weighted by Gasteiger charge is -2.18. The Morgan fingerprint density at radius 2 is 1.81 bits per heavy atom. The molecule has 0 bridgehead atoms. The van der Waals surface area contributed by atoms with Crippen LogP contribution in [0.15, 0.2) is 48.5 Å². The molecule has 8 heteroatoms. The van der Waals surface area contributed by atoms with Crippen LogP contribution in [0.5, 0.6) is 0 Å². The second-order valence-corrected chi connectivity index (χ2v) is 10.1. The van der Waals surface area contributed by atoms with E-state index >= 15 is 0 Å². The third kappa shape index (κ3) is 5.59. The SMILES string of the molecule is Cc1cc(C(C)NC(=O)c2ccc3cc(C(C)(C)O)ccc3n2)ccc1NS(C)(=O)=O. The highest BCUT2D eigenvalue weighted by molar-refractivity contribution is 7.92. The van der Waals surface area contributed by atoms with E-state index in [2.05, 4.69) is 15.0 Å². The summed E-state index contributed by atoms with van der Waals surface area (Å²) in [6, 6.07) is 13.9. The Balaban J connectivity index is 1.77. The summed E-state index contributed by atoms with van der Waals surface area (Å²) in [6.45, 7) is 7.10. The molecule has 0 aliphatic rings. The predicted octanol–water partition coefficient (Wildman–Crippen LogP) is 3.63. The quantitative estimate of drug-likeness (QED) is 0.541. The smallest absolute Gasteiger partial charge is 0.270 e. The molecule has 1 amide bonds. The van der Waals surface area contributed by atoms with Gasteiger partial charge in [0.1, 0.15) is 5.69 Å². The number of amides is 1. The number of carbonyl (C=O) groups excluding carboxylic acids is 1. The number of anilines is 1. The maximum Gasteiger partial charge on any atom is 0.270 e. The summed E-state index contributed by atoms with van der Waals surface area (Å²) in [5.74, 6) is -0.308. The minimum absolute atomic E-state index is 0.294. The fraction of sp³-hybridized carbons (Fsp3) is 0.304. The first-order chi connectivity index (χ1) is 14.3. The maximum absolute atomic E-state index is 12.7. The van der Waals surface area contributed by atoms with Crippen LogP contribution in [0, 0.1) is 6.92 Å². The van der Waals surface area contributed by atoms with Gasteiger partial charge in [0.15, 0.2) is 0 Å². The van der Waals surface area contributed by atoms with Gasteiger partial charge >= 0.3 is 0 Å². The van der Waals surface area contributed by atoms with E-state index in [9.17, 15) is 18.3 Å². The van der Waals surface area contributed by atoms with Gasteiger partial charge in [-0.05, 0) is 68.7 Å². The van der Waals surface area contributed by atoms with Crippen LogP contribution in [0.1, 0.15) is 54.0 Å². The van der Waals surface area contributed by atoms with E-state index in [0.29, 0.717) is 16.9 Å². The fourth-order valence-corrected chi connectivity index (χ4v) is 3.89. The number of pyridine rings is 1. The van der Waals surface area contributed by atoms with Crippen molar-refractivity contribution in [3.63, 3.8) is 0 Å². The van der Waals surface area contributed by atoms with E-state index in [1.807, 2.05) is 25.1 Å². The van der Waals surface area contributed by atoms with E-state index in [1.54, 1.807) is 51.1 Å². The molecule has 1 atom stereocenters. The molecular formula is C23H27N3O4S. The van der Waals surface area contributed by atoms with E-state index < -0.39 is 15.6 Å². The molecule has 2 aromatic carbocycles. The van der Waals surface area contributed by atoms with Crippen LogP contribution in [0.2, 0.25) is 0 Å². The highest BCUT2D eigenvalue weighted by Crippen LogP contribution is 2.25. The van der Waals surface area contributed by atoms with Gasteiger partial charge in [-0.25, -0.2) is 13.4 Å². The van der Waals surface area contributed by atoms with E-state index in [-0.39, 0.29) is 11.9 Å². The third-order valence-corrected chi connectivity index (χ3v) is 5.61. The highest BCUT2D eigenvalue weighted by Gasteiger charge is 2.18. The standard InChI is InChI=1S/C23H27N3O4S/c1-14-12-16(6-9-19(14)26-31(5,29)30)15(2)24-22(27)21-10-7-17-13-18(23(3,4)28)8-11-20(17)25-21/h6-13,15,26,28H,1-5H3,(H,24,27). The topological polar surface area (TPSA) is 108 Å². The Labute approximate surface area is 182 Å². The summed E-state index contributed by atoms with van der Waals surface area (Å²) in [4.78, 5) is 17.2. The average molecular weight is 442 g/mol. The number of aryl methyl sites for hydroxylation is 1. The van der Waals surface area contributed by atoms with Crippen LogP contribution in [0.3, 0.4) is 0 Å². The number of aliphatic hydroxyl groups is 1. The number of hydrogen-bond acceptors (Lipinski definition) is 5. The van der Waals surface area contributed by atoms with Crippen molar-refractivity contribution in [1.82, 2.24) is 10.3 Å². The van der Waals surface area contributed by atoms with Gasteiger partial charge in [-0.15, -0.1) is 0 Å². The minimum Gasteiger partial charge on any atom is -0.386 e. The zero-order valence-electron chi connectivity index (χ0n) is 18.2. The zero-order valence-corrected chi connectivity index (χ0v) is 19.0. The Bertz CT molecular complexity index is 1250. The zero-order chi connectivity index (χ0) is 23.0. The molecule has 0 fully saturated rings. The molecule has 31 heavy (non-hydrogen) atoms. The first-order valence-corrected chi connectivity index (χ1v) is 11.8. The molecule has 0 radical (unpaired) electrons. The Morgan fingerprint density at radius 1 is 1.10 bits per heavy atom. The lowest BCUT2D eigenvalue weighted by molar-refractivity contribution is 0.0787. The van der Waals surface area contributed by atoms with Crippen molar-refractivity contribution in [2.75, 3.05) is 11.0 Å². The second kappa shape index (κ2) is 8.28. The fourth-order valence-electron chi connectivity index (χ4n) is 3.26. The molecule has 0 aliphatic heterocycles. The van der Waals surface area contributed by atoms with Crippen molar-refractivity contribution in [3.05, 3.63) is 70.9 Å². The van der Waals surface area contributed by atoms with E-state index in [4.69, 9.17) is 0 Å². The van der Waals surface area contributed by atoms with Crippen LogP contribution >= 0.6 is 0 Å². The molecule has 0 saturated carbocycles. The number of rotatable bonds is 6. The monoisotopic (exact) mass is 441 g/mol. The summed E-state index contributed by atoms with van der Waals surface area (Å²) in [5, 5.41) is 13.9. The van der Waals surface area contributed by atoms with Gasteiger partial charge in [-0.3, -0.25) is 9.52 Å². The summed E-state index contributed by atoms with van der Waals surface area (Å²) in [7, 11) is -3.36. The van der Waals surface area contributed by atoms with Crippen LogP contribution in [-0.2, 0) is 15.6 Å². The number of benzene rings is 2. The van der Waals surface area contributed by atoms with Crippen LogP contribution in [-0.4, -0.2) is 30.7 Å². The summed E-state index contributed by atoms with van der Waals surface area (Å²) < 4.78 is 25.4. The van der Waals surface area contributed by atoms with E-state index in [1.165, 1.54) is 0 Å². The third-order valence-electron chi connectivity index (χ3n) is 5.02. The number of hydrogen-bond donors (Lipinski definition) is 3. The molecule has 3 rings (SSSR count). The maximum atomic E-state index is 12.7. The molecule has 0 aliphatic carbocycles. The summed E-state index contributed by atoms with van der Waals surface area (Å²) >= 11 is 0. The van der Waals surface area contributed by atoms with Gasteiger partial charge in [0.2, 0.25) is 10.0 Å². The van der Waals surface area contributed by atoms with Gasteiger partial charge in [0.05, 0.1) is 29.1 Å². The van der Waals surface area contributed by atoms with Crippen LogP contribution in [0.4, 0.5) is 5.69 Å². The van der Waals surface area contributed by atoms with Crippen molar-refractivity contribution in [3.8, 4) is 0 Å². The van der Waals surface area contributed by atoms with Crippen molar-refractivity contribution < 1.29 is 18.3 Å². The largest absolute Gasteiger partial charge is 0.386 e. The van der Waals surface area contributed by atoms with Gasteiger partial charge < -0.3 is 10.4 Å². The molecule has 1 unspecified atom stereocenters. The Morgan fingerprint density at radius 3 is 2.42 bits per heavy atom. The molecule has 7 nitrogen and oxygen atoms in total. The van der Waals surface area contributed by atoms with Gasteiger partial charge in [0, 0.05) is 5.39 Å². The molecule has 0 saturated heterocycles. The normalized spacial score (nSPS) is 13.1. The summed E-state index contributed by atoms with van der Waals surface area (Å²) in [5.41, 5.74) is 2.89. The second-order valence-electron chi connectivity index (χ2n) is 8.31. The van der Waals surface area contributed by atoms with Crippen molar-refractivity contribution in [1.29, 1.82) is 0 Å². The number of nitrogens with one attached hydrogen (secondary N) is 2. The van der Waals surface area contributed by atoms with Crippen LogP contribution < -0.4 is 10.0 Å². The molecule has 3 aromatic rings. The lowest BCUT2D eigenvalue weighted by Crippen LogP contribution is -2.27. The molecule has 1 aromatic heterocycles. The van der Waals surface area contributed by atoms with Crippen molar-refractivity contribution in [2.45, 2.75) is 39.3 Å². The Kier molecular flexibility index (Phi) is 6.07. The lowest BCUT2D eigenvalue weighted by atomic mass is 9.97. The number of carbonyl (C=O) groups is 1. The van der Waals surface area contributed by atoms with E-state index in [0.717, 1.165) is 28.3 Å². The predicted molar refractivity (Wildman–Crippen MR) is 123 cm³/mol. The first kappa shape index (κ1) is 22.7. The first-order valence-electron chi connectivity index (χ1n) is 9.86. The molecule has 164 valence electrons. The minimum atomic E-state index is -3.36. The van der Waals surface area contributed by atoms with Gasteiger partial charge in [0.25, 0.3) is 5.91 Å². The van der Waals surface area contributed by atoms with Crippen molar-refractivity contribution >= 4 is 32.5 Å². The van der Waals surface area contributed by atoms with Gasteiger partial charge in [-0.2, -0.15) is 0 Å². The molecule has 3 N–H and O–H groups in total. The van der Waals surface area contributed by atoms with Crippen LogP contribution in [0.25, 0.3) is 10.9 Å². The molecular weight excluding hydrogens is 414 g/mol. The van der Waals surface area contributed by atoms with Crippen molar-refractivity contribution in [2.24, 2.45) is 0 Å². The number of sulfonamides is 1. The molecule has 1 heterocycles. The number of aromatic nitrogens is 1. The summed E-state index contributed by atoms with van der Waals surface area (Å²) in [6.07, 6.45) is 1.10.